The summed E-state index contributed by atoms with van der Waals surface area (Å²) in [6, 6.07) is 5.96. The van der Waals surface area contributed by atoms with Gasteiger partial charge in [-0.25, -0.2) is 0 Å². The van der Waals surface area contributed by atoms with Crippen molar-refractivity contribution in [3.63, 3.8) is 0 Å². The van der Waals surface area contributed by atoms with Gasteiger partial charge in [0.15, 0.2) is 5.76 Å². The van der Waals surface area contributed by atoms with Crippen molar-refractivity contribution >= 4 is 17.7 Å². The van der Waals surface area contributed by atoms with Crippen LogP contribution in [-0.2, 0) is 6.54 Å². The third-order valence-electron chi connectivity index (χ3n) is 2.48. The Morgan fingerprint density at radius 3 is 2.84 bits per heavy atom. The summed E-state index contributed by atoms with van der Waals surface area (Å²) < 4.78 is 4.99. The first kappa shape index (κ1) is 12.7. The number of carbonyl (C=O) groups is 1. The van der Waals surface area contributed by atoms with Crippen LogP contribution in [0.3, 0.4) is 0 Å². The third kappa shape index (κ3) is 2.95. The Balaban J connectivity index is 2.19. The Hall–Kier alpha value is -2.70. The van der Waals surface area contributed by atoms with E-state index in [1.165, 1.54) is 18.2 Å². The van der Waals surface area contributed by atoms with E-state index in [1.807, 2.05) is 0 Å². The maximum atomic E-state index is 10.9. The highest BCUT2D eigenvalue weighted by Crippen LogP contribution is 2.25. The molecule has 1 aromatic heterocycles. The van der Waals surface area contributed by atoms with Crippen LogP contribution in [0.1, 0.15) is 21.8 Å². The maximum absolute atomic E-state index is 10.9. The van der Waals surface area contributed by atoms with Gasteiger partial charge in [-0.2, -0.15) is 0 Å². The van der Waals surface area contributed by atoms with Crippen LogP contribution >= 0.6 is 0 Å². The molecule has 1 N–H and O–H groups in total. The fourth-order valence-electron chi connectivity index (χ4n) is 1.60. The van der Waals surface area contributed by atoms with Gasteiger partial charge in [0.1, 0.15) is 12.0 Å². The lowest BCUT2D eigenvalue weighted by molar-refractivity contribution is -0.384. The van der Waals surface area contributed by atoms with Crippen LogP contribution in [-0.4, -0.2) is 16.4 Å². The molecular weight excluding hydrogens is 250 g/mol. The highest BCUT2D eigenvalue weighted by atomic mass is 16.6. The van der Waals surface area contributed by atoms with Gasteiger partial charge in [-0.15, -0.1) is 0 Å². The summed E-state index contributed by atoms with van der Waals surface area (Å²) >= 11 is 0. The minimum atomic E-state index is -0.541. The van der Waals surface area contributed by atoms with Crippen LogP contribution in [0.2, 0.25) is 0 Å². The van der Waals surface area contributed by atoms with Crippen LogP contribution in [0.15, 0.2) is 28.8 Å². The van der Waals surface area contributed by atoms with Gasteiger partial charge in [0.05, 0.1) is 17.2 Å². The molecule has 1 heterocycles. The van der Waals surface area contributed by atoms with Gasteiger partial charge in [-0.05, 0) is 19.1 Å². The molecule has 0 aliphatic carbocycles. The highest BCUT2D eigenvalue weighted by Gasteiger charge is 2.14. The summed E-state index contributed by atoms with van der Waals surface area (Å²) in [6.07, 6.45) is 0.566. The van der Waals surface area contributed by atoms with Gasteiger partial charge in [-0.3, -0.25) is 14.9 Å². The van der Waals surface area contributed by atoms with Crippen molar-refractivity contribution in [1.29, 1.82) is 0 Å². The summed E-state index contributed by atoms with van der Waals surface area (Å²) in [5.41, 5.74) is 1.17. The molecular formula is C12H11N3O4. The molecule has 0 atom stereocenters. The SMILES string of the molecule is Cc1cc(CNc2ccc(C=O)cc2[N+](=O)[O-])on1. The lowest BCUT2D eigenvalue weighted by Crippen LogP contribution is -2.02. The van der Waals surface area contributed by atoms with E-state index in [9.17, 15) is 14.9 Å². The smallest absolute Gasteiger partial charge is 0.293 e. The molecule has 7 nitrogen and oxygen atoms in total. The summed E-state index contributed by atoms with van der Waals surface area (Å²) in [5, 5.41) is 17.5. The summed E-state index contributed by atoms with van der Waals surface area (Å²) in [5.74, 6) is 0.575. The fraction of sp³-hybridized carbons (Fsp3) is 0.167. The molecule has 0 radical (unpaired) electrons. The Labute approximate surface area is 108 Å². The molecule has 2 rings (SSSR count). The van der Waals surface area contributed by atoms with Crippen LogP contribution < -0.4 is 5.32 Å². The van der Waals surface area contributed by atoms with E-state index in [0.29, 0.717) is 17.7 Å². The van der Waals surface area contributed by atoms with Crippen molar-refractivity contribution in [3.8, 4) is 0 Å². The second kappa shape index (κ2) is 5.30. The largest absolute Gasteiger partial charge is 0.372 e. The Morgan fingerprint density at radius 2 is 2.26 bits per heavy atom. The normalized spacial score (nSPS) is 10.2. The second-order valence-corrected chi connectivity index (χ2v) is 3.94. The van der Waals surface area contributed by atoms with Gasteiger partial charge in [0.2, 0.25) is 0 Å². The second-order valence-electron chi connectivity index (χ2n) is 3.94. The minimum Gasteiger partial charge on any atom is -0.372 e. The average molecular weight is 261 g/mol. The predicted octanol–water partition coefficient (Wildman–Crippen LogP) is 2.32. The third-order valence-corrected chi connectivity index (χ3v) is 2.48. The Bertz CT molecular complexity index is 621. The van der Waals surface area contributed by atoms with Crippen LogP contribution in [0, 0.1) is 17.0 Å². The van der Waals surface area contributed by atoms with E-state index in [2.05, 4.69) is 10.5 Å². The summed E-state index contributed by atoms with van der Waals surface area (Å²) in [6.45, 7) is 2.07. The number of anilines is 1. The first-order valence-electron chi connectivity index (χ1n) is 5.50. The Morgan fingerprint density at radius 1 is 1.47 bits per heavy atom. The van der Waals surface area contributed by atoms with Gasteiger partial charge < -0.3 is 9.84 Å². The monoisotopic (exact) mass is 261 g/mol. The molecule has 0 spiro atoms. The standard InChI is InChI=1S/C12H11N3O4/c1-8-4-10(19-14-8)6-13-11-3-2-9(7-16)5-12(11)15(17)18/h2-5,7,13H,6H2,1H3. The van der Waals surface area contributed by atoms with E-state index >= 15 is 0 Å². The fourth-order valence-corrected chi connectivity index (χ4v) is 1.60. The Kier molecular flexibility index (Phi) is 3.56. The van der Waals surface area contributed by atoms with Gasteiger partial charge in [-0.1, -0.05) is 5.16 Å². The average Bonchev–Trinajstić information content (AvgIpc) is 2.82. The molecule has 0 aliphatic heterocycles. The zero-order chi connectivity index (χ0) is 13.8. The number of aromatic nitrogens is 1. The van der Waals surface area contributed by atoms with Crippen molar-refractivity contribution in [2.75, 3.05) is 5.32 Å². The molecule has 2 aromatic rings. The van der Waals surface area contributed by atoms with Crippen LogP contribution in [0.4, 0.5) is 11.4 Å². The molecule has 0 saturated carbocycles. The number of hydrogen-bond acceptors (Lipinski definition) is 6. The van der Waals surface area contributed by atoms with Crippen molar-refractivity contribution in [2.45, 2.75) is 13.5 Å². The summed E-state index contributed by atoms with van der Waals surface area (Å²) in [7, 11) is 0. The van der Waals surface area contributed by atoms with E-state index in [4.69, 9.17) is 4.52 Å². The number of nitrogens with one attached hydrogen (secondary N) is 1. The van der Waals surface area contributed by atoms with Crippen LogP contribution in [0.5, 0.6) is 0 Å². The van der Waals surface area contributed by atoms with Crippen molar-refractivity contribution < 1.29 is 14.2 Å². The molecule has 1 aromatic carbocycles. The lowest BCUT2D eigenvalue weighted by atomic mass is 10.2. The van der Waals surface area contributed by atoms with E-state index in [0.717, 1.165) is 5.69 Å². The van der Waals surface area contributed by atoms with Gasteiger partial charge in [0, 0.05) is 17.7 Å². The molecule has 0 amide bonds. The zero-order valence-electron chi connectivity index (χ0n) is 10.1. The first-order chi connectivity index (χ1) is 9.10. The number of aryl methyl sites for hydroxylation is 1. The summed E-state index contributed by atoms with van der Waals surface area (Å²) in [4.78, 5) is 21.0. The number of benzene rings is 1. The molecule has 0 aliphatic rings. The molecule has 0 unspecified atom stereocenters. The van der Waals surface area contributed by atoms with E-state index in [-0.39, 0.29) is 17.8 Å². The quantitative estimate of drug-likeness (QED) is 0.503. The number of nitro benzene ring substituents is 1. The van der Waals surface area contributed by atoms with E-state index in [1.54, 1.807) is 13.0 Å². The van der Waals surface area contributed by atoms with E-state index < -0.39 is 4.92 Å². The molecule has 7 heteroatoms. The first-order valence-corrected chi connectivity index (χ1v) is 5.50. The lowest BCUT2D eigenvalue weighted by Gasteiger charge is -2.05. The maximum Gasteiger partial charge on any atom is 0.293 e. The van der Waals surface area contributed by atoms with Crippen molar-refractivity contribution in [3.05, 3.63) is 51.4 Å². The van der Waals surface area contributed by atoms with Gasteiger partial charge >= 0.3 is 0 Å². The van der Waals surface area contributed by atoms with Gasteiger partial charge in [0.25, 0.3) is 5.69 Å². The molecule has 19 heavy (non-hydrogen) atoms. The molecule has 0 fully saturated rings. The minimum absolute atomic E-state index is 0.152. The number of nitrogens with zero attached hydrogens (tertiary/aromatic N) is 2. The van der Waals surface area contributed by atoms with Crippen molar-refractivity contribution in [2.24, 2.45) is 0 Å². The number of carbonyl (C=O) groups excluding carboxylic acids is 1. The van der Waals surface area contributed by atoms with Crippen molar-refractivity contribution in [1.82, 2.24) is 5.16 Å². The number of hydrogen-bond donors (Lipinski definition) is 1. The number of aldehydes is 1. The highest BCUT2D eigenvalue weighted by molar-refractivity contribution is 5.79. The predicted molar refractivity (Wildman–Crippen MR) is 67.1 cm³/mol. The number of rotatable bonds is 5. The molecule has 0 saturated heterocycles. The topological polar surface area (TPSA) is 98.3 Å². The zero-order valence-corrected chi connectivity index (χ0v) is 10.1. The molecule has 98 valence electrons. The number of nitro groups is 1. The van der Waals surface area contributed by atoms with Crippen LogP contribution in [0.25, 0.3) is 0 Å². The molecule has 0 bridgehead atoms.